The summed E-state index contributed by atoms with van der Waals surface area (Å²) in [5.41, 5.74) is 9.43. The molecule has 0 unspecified atom stereocenters. The number of aromatic nitrogens is 2. The molecule has 0 bridgehead atoms. The Kier molecular flexibility index (Phi) is 1.99. The van der Waals surface area contributed by atoms with E-state index in [2.05, 4.69) is 21.0 Å². The molecule has 4 heteroatoms. The maximum atomic E-state index is 5.72. The fraction of sp³-hybridized carbons (Fsp3) is 0.167. The van der Waals surface area contributed by atoms with Gasteiger partial charge in [-0.25, -0.2) is 4.98 Å². The van der Waals surface area contributed by atoms with Crippen LogP contribution < -0.4 is 5.73 Å². The third kappa shape index (κ3) is 1.48. The number of imidazole rings is 1. The van der Waals surface area contributed by atoms with Gasteiger partial charge in [0.1, 0.15) is 5.82 Å². The largest absolute Gasteiger partial charge is 0.399 e. The Morgan fingerprint density at radius 1 is 1.31 bits per heavy atom. The number of nitrogens with one attached hydrogen (secondary N) is 1. The van der Waals surface area contributed by atoms with Gasteiger partial charge in [-0.15, -0.1) is 0 Å². The Hall–Kier alpha value is -2.10. The monoisotopic (exact) mass is 212 g/mol. The highest BCUT2D eigenvalue weighted by Crippen LogP contribution is 2.19. The summed E-state index contributed by atoms with van der Waals surface area (Å²) >= 11 is 0. The number of allylic oxidation sites excluding steroid dienone is 1. The van der Waals surface area contributed by atoms with Crippen molar-refractivity contribution in [2.75, 3.05) is 12.3 Å². The van der Waals surface area contributed by atoms with E-state index in [4.69, 9.17) is 5.73 Å². The predicted octanol–water partition coefficient (Wildman–Crippen LogP) is 2.00. The third-order valence-electron chi connectivity index (χ3n) is 2.63. The molecule has 16 heavy (non-hydrogen) atoms. The summed E-state index contributed by atoms with van der Waals surface area (Å²) in [6.45, 7) is 0.872. The maximum Gasteiger partial charge on any atom is 0.139 e. The number of nitrogens with two attached hydrogens (primary N) is 1. The normalized spacial score (nSPS) is 15.4. The van der Waals surface area contributed by atoms with E-state index >= 15 is 0 Å². The van der Waals surface area contributed by atoms with Crippen LogP contribution in [0, 0.1) is 0 Å². The Morgan fingerprint density at radius 3 is 3.06 bits per heavy atom. The van der Waals surface area contributed by atoms with E-state index in [1.807, 2.05) is 24.4 Å². The fourth-order valence-electron chi connectivity index (χ4n) is 1.83. The standard InChI is InChI=1S/C12H12N4/c13-9-3-4-10-11(6-9)16-12(15-10)8-2-1-5-14-7-8/h2-4,6-7H,1,5,13H2,(H,15,16). The topological polar surface area (TPSA) is 67.1 Å². The van der Waals surface area contributed by atoms with Crippen LogP contribution in [0.2, 0.25) is 0 Å². The van der Waals surface area contributed by atoms with Gasteiger partial charge >= 0.3 is 0 Å². The van der Waals surface area contributed by atoms with Gasteiger partial charge in [0, 0.05) is 24.0 Å². The Morgan fingerprint density at radius 2 is 2.25 bits per heavy atom. The van der Waals surface area contributed by atoms with E-state index in [1.54, 1.807) is 0 Å². The van der Waals surface area contributed by atoms with Crippen molar-refractivity contribution >= 4 is 28.5 Å². The molecule has 1 aromatic carbocycles. The number of rotatable bonds is 1. The van der Waals surface area contributed by atoms with Crippen LogP contribution in [0.3, 0.4) is 0 Å². The summed E-state index contributed by atoms with van der Waals surface area (Å²) in [6, 6.07) is 5.67. The molecular formula is C12H12N4. The van der Waals surface area contributed by atoms with Crippen molar-refractivity contribution in [1.82, 2.24) is 9.97 Å². The first-order chi connectivity index (χ1) is 7.83. The number of fused-ring (bicyclic) bond motifs is 1. The molecule has 3 N–H and O–H groups in total. The highest BCUT2D eigenvalue weighted by Gasteiger charge is 2.07. The number of hydrogen-bond acceptors (Lipinski definition) is 3. The molecule has 0 fully saturated rings. The number of benzene rings is 1. The number of aromatic amines is 1. The van der Waals surface area contributed by atoms with Gasteiger partial charge in [-0.1, -0.05) is 6.08 Å². The van der Waals surface area contributed by atoms with E-state index in [-0.39, 0.29) is 0 Å². The lowest BCUT2D eigenvalue weighted by molar-refractivity contribution is 1.00. The SMILES string of the molecule is Nc1ccc2nc(C3=CCCN=C3)[nH]c2c1. The number of aliphatic imine (C=N–C) groups is 1. The molecule has 0 spiro atoms. The summed E-state index contributed by atoms with van der Waals surface area (Å²) in [5, 5.41) is 0. The van der Waals surface area contributed by atoms with Gasteiger partial charge in [0.2, 0.25) is 0 Å². The molecule has 0 saturated heterocycles. The second-order valence-electron chi connectivity index (χ2n) is 3.85. The van der Waals surface area contributed by atoms with Gasteiger partial charge in [0.25, 0.3) is 0 Å². The van der Waals surface area contributed by atoms with Gasteiger partial charge in [-0.05, 0) is 24.6 Å². The van der Waals surface area contributed by atoms with E-state index in [0.717, 1.165) is 41.1 Å². The summed E-state index contributed by atoms with van der Waals surface area (Å²) in [4.78, 5) is 12.0. The Labute approximate surface area is 92.9 Å². The Bertz CT molecular complexity index is 592. The maximum absolute atomic E-state index is 5.72. The molecular weight excluding hydrogens is 200 g/mol. The molecule has 0 atom stereocenters. The van der Waals surface area contributed by atoms with Gasteiger partial charge in [-0.3, -0.25) is 4.99 Å². The number of dihydropyridines is 1. The van der Waals surface area contributed by atoms with Crippen LogP contribution in [0.4, 0.5) is 5.69 Å². The minimum Gasteiger partial charge on any atom is -0.399 e. The molecule has 1 aromatic heterocycles. The molecule has 0 saturated carbocycles. The zero-order chi connectivity index (χ0) is 11.0. The van der Waals surface area contributed by atoms with Crippen LogP contribution >= 0.6 is 0 Å². The van der Waals surface area contributed by atoms with E-state index in [9.17, 15) is 0 Å². The van der Waals surface area contributed by atoms with Crippen molar-refractivity contribution < 1.29 is 0 Å². The minimum atomic E-state index is 0.744. The van der Waals surface area contributed by atoms with Crippen LogP contribution in [-0.2, 0) is 0 Å². The molecule has 80 valence electrons. The lowest BCUT2D eigenvalue weighted by atomic mass is 10.2. The molecule has 0 amide bonds. The van der Waals surface area contributed by atoms with Gasteiger partial charge in [0.05, 0.1) is 11.0 Å². The first kappa shape index (κ1) is 9.15. The predicted molar refractivity (Wildman–Crippen MR) is 66.5 cm³/mol. The first-order valence-electron chi connectivity index (χ1n) is 5.28. The number of nitrogens with zero attached hydrogens (tertiary/aromatic N) is 2. The van der Waals surface area contributed by atoms with Crippen molar-refractivity contribution in [2.45, 2.75) is 6.42 Å². The second-order valence-corrected chi connectivity index (χ2v) is 3.85. The molecule has 1 aliphatic heterocycles. The quantitative estimate of drug-likeness (QED) is 0.710. The number of anilines is 1. The van der Waals surface area contributed by atoms with Crippen LogP contribution in [0.25, 0.3) is 16.6 Å². The van der Waals surface area contributed by atoms with Gasteiger partial charge in [0.15, 0.2) is 0 Å². The van der Waals surface area contributed by atoms with Crippen LogP contribution in [-0.4, -0.2) is 22.7 Å². The smallest absolute Gasteiger partial charge is 0.139 e. The Balaban J connectivity index is 2.11. The van der Waals surface area contributed by atoms with Gasteiger partial charge in [-0.2, -0.15) is 0 Å². The molecule has 3 rings (SSSR count). The zero-order valence-corrected chi connectivity index (χ0v) is 8.77. The van der Waals surface area contributed by atoms with Crippen molar-refractivity contribution in [1.29, 1.82) is 0 Å². The van der Waals surface area contributed by atoms with Crippen LogP contribution in [0.5, 0.6) is 0 Å². The van der Waals surface area contributed by atoms with Gasteiger partial charge < -0.3 is 10.7 Å². The highest BCUT2D eigenvalue weighted by molar-refractivity contribution is 6.09. The van der Waals surface area contributed by atoms with Crippen LogP contribution in [0.15, 0.2) is 29.3 Å². The zero-order valence-electron chi connectivity index (χ0n) is 8.77. The number of H-pyrrole nitrogens is 1. The average molecular weight is 212 g/mol. The lowest BCUT2D eigenvalue weighted by Crippen LogP contribution is -1.95. The third-order valence-corrected chi connectivity index (χ3v) is 2.63. The average Bonchev–Trinajstić information content (AvgIpc) is 2.73. The van der Waals surface area contributed by atoms with Crippen molar-refractivity contribution in [3.8, 4) is 0 Å². The number of hydrogen-bond donors (Lipinski definition) is 2. The molecule has 0 aliphatic carbocycles. The first-order valence-corrected chi connectivity index (χ1v) is 5.28. The van der Waals surface area contributed by atoms with Crippen molar-refractivity contribution in [2.24, 2.45) is 4.99 Å². The fourth-order valence-corrected chi connectivity index (χ4v) is 1.83. The molecule has 4 nitrogen and oxygen atoms in total. The summed E-state index contributed by atoms with van der Waals surface area (Å²) in [7, 11) is 0. The molecule has 1 aliphatic rings. The van der Waals surface area contributed by atoms with Crippen molar-refractivity contribution in [3.63, 3.8) is 0 Å². The van der Waals surface area contributed by atoms with E-state index < -0.39 is 0 Å². The van der Waals surface area contributed by atoms with E-state index in [0.29, 0.717) is 0 Å². The lowest BCUT2D eigenvalue weighted by Gasteiger charge is -2.01. The second kappa shape index (κ2) is 3.48. The van der Waals surface area contributed by atoms with Crippen molar-refractivity contribution in [3.05, 3.63) is 30.1 Å². The molecule has 0 radical (unpaired) electrons. The summed E-state index contributed by atoms with van der Waals surface area (Å²) < 4.78 is 0. The summed E-state index contributed by atoms with van der Waals surface area (Å²) in [5.74, 6) is 0.865. The number of nitrogen functional groups attached to an aromatic ring is 1. The van der Waals surface area contributed by atoms with Crippen LogP contribution in [0.1, 0.15) is 12.2 Å². The molecule has 2 aromatic rings. The highest BCUT2D eigenvalue weighted by atomic mass is 14.9. The summed E-state index contributed by atoms with van der Waals surface area (Å²) in [6.07, 6.45) is 4.99. The minimum absolute atomic E-state index is 0.744. The molecule has 2 heterocycles. The van der Waals surface area contributed by atoms with E-state index in [1.165, 1.54) is 0 Å².